The molecule has 1 aromatic rings. The lowest BCUT2D eigenvalue weighted by atomic mass is 9.72. The molecule has 5 nitrogen and oxygen atoms in total. The summed E-state index contributed by atoms with van der Waals surface area (Å²) in [4.78, 5) is 40.9. The summed E-state index contributed by atoms with van der Waals surface area (Å²) in [5.41, 5.74) is 0.810. The van der Waals surface area contributed by atoms with Crippen LogP contribution in [0.2, 0.25) is 0 Å². The van der Waals surface area contributed by atoms with Crippen LogP contribution in [0, 0.1) is 11.3 Å². The molecule has 1 aromatic carbocycles. The molecule has 0 aliphatic heterocycles. The SMILES string of the molecule is CCCCCCCCCCOC(=O)c1ccc(N=CC2C(=O)CC(C)(C)CC2=O)cc1. The van der Waals surface area contributed by atoms with Gasteiger partial charge in [-0.2, -0.15) is 0 Å². The summed E-state index contributed by atoms with van der Waals surface area (Å²) in [5.74, 6) is -1.25. The second-order valence-electron chi connectivity index (χ2n) is 9.36. The van der Waals surface area contributed by atoms with Gasteiger partial charge in [0.25, 0.3) is 0 Å². The molecule has 1 aliphatic rings. The molecule has 0 aromatic heterocycles. The number of Topliss-reactive ketones (excluding diaryl/α,β-unsaturated/α-hetero) is 2. The van der Waals surface area contributed by atoms with Crippen molar-refractivity contribution < 1.29 is 19.1 Å². The predicted molar refractivity (Wildman–Crippen MR) is 124 cm³/mol. The Morgan fingerprint density at radius 3 is 2.10 bits per heavy atom. The number of nitrogens with zero attached hydrogens (tertiary/aromatic N) is 1. The molecule has 0 atom stereocenters. The minimum Gasteiger partial charge on any atom is -0.462 e. The summed E-state index contributed by atoms with van der Waals surface area (Å²) in [6.45, 7) is 6.53. The number of benzene rings is 1. The largest absolute Gasteiger partial charge is 0.462 e. The molecule has 0 heterocycles. The van der Waals surface area contributed by atoms with Gasteiger partial charge in [0.1, 0.15) is 17.5 Å². The summed E-state index contributed by atoms with van der Waals surface area (Å²) in [6.07, 6.45) is 11.8. The van der Waals surface area contributed by atoms with Crippen LogP contribution < -0.4 is 0 Å². The maximum absolute atomic E-state index is 12.2. The summed E-state index contributed by atoms with van der Waals surface area (Å²) < 4.78 is 5.35. The minimum absolute atomic E-state index is 0.0776. The number of hydrogen-bond donors (Lipinski definition) is 0. The molecule has 0 unspecified atom stereocenters. The zero-order valence-electron chi connectivity index (χ0n) is 19.3. The molecule has 170 valence electrons. The van der Waals surface area contributed by atoms with Crippen LogP contribution in [0.25, 0.3) is 0 Å². The van der Waals surface area contributed by atoms with Crippen molar-refractivity contribution in [3.05, 3.63) is 29.8 Å². The summed E-state index contributed by atoms with van der Waals surface area (Å²) in [7, 11) is 0. The van der Waals surface area contributed by atoms with Crippen LogP contribution in [0.3, 0.4) is 0 Å². The minimum atomic E-state index is -0.760. The number of unbranched alkanes of at least 4 members (excludes halogenated alkanes) is 7. The normalized spacial score (nSPS) is 16.7. The van der Waals surface area contributed by atoms with Crippen LogP contribution in [0.1, 0.15) is 95.3 Å². The molecule has 0 amide bonds. The number of ketones is 2. The number of carbonyl (C=O) groups is 3. The lowest BCUT2D eigenvalue weighted by Gasteiger charge is -2.30. The topological polar surface area (TPSA) is 72.8 Å². The van der Waals surface area contributed by atoms with Crippen molar-refractivity contribution in [3.63, 3.8) is 0 Å². The Kier molecular flexibility index (Phi) is 10.1. The predicted octanol–water partition coefficient (Wildman–Crippen LogP) is 6.26. The van der Waals surface area contributed by atoms with Crippen molar-refractivity contribution in [2.75, 3.05) is 6.61 Å². The fraction of sp³-hybridized carbons (Fsp3) is 0.615. The number of ether oxygens (including phenoxy) is 1. The first-order chi connectivity index (χ1) is 14.8. The van der Waals surface area contributed by atoms with Gasteiger partial charge in [-0.1, -0.05) is 65.7 Å². The highest BCUT2D eigenvalue weighted by Gasteiger charge is 2.38. The molecule has 1 fully saturated rings. The van der Waals surface area contributed by atoms with Gasteiger partial charge in [0.05, 0.1) is 17.9 Å². The Balaban J connectivity index is 1.72. The van der Waals surface area contributed by atoms with E-state index in [2.05, 4.69) is 11.9 Å². The van der Waals surface area contributed by atoms with E-state index in [0.717, 1.165) is 12.8 Å². The second kappa shape index (κ2) is 12.5. The molecule has 1 saturated carbocycles. The Morgan fingerprint density at radius 2 is 1.52 bits per heavy atom. The Morgan fingerprint density at radius 1 is 0.968 bits per heavy atom. The van der Waals surface area contributed by atoms with Crippen LogP contribution in [0.15, 0.2) is 29.3 Å². The average Bonchev–Trinajstić information content (AvgIpc) is 2.71. The van der Waals surface area contributed by atoms with E-state index in [1.54, 1.807) is 24.3 Å². The van der Waals surface area contributed by atoms with Crippen molar-refractivity contribution in [3.8, 4) is 0 Å². The fourth-order valence-electron chi connectivity index (χ4n) is 3.90. The van der Waals surface area contributed by atoms with Crippen LogP contribution in [-0.4, -0.2) is 30.4 Å². The third-order valence-electron chi connectivity index (χ3n) is 5.71. The van der Waals surface area contributed by atoms with Gasteiger partial charge < -0.3 is 4.74 Å². The Bertz CT molecular complexity index is 744. The summed E-state index contributed by atoms with van der Waals surface area (Å²) in [6, 6.07) is 6.73. The van der Waals surface area contributed by atoms with Crippen LogP contribution in [-0.2, 0) is 14.3 Å². The molecule has 5 heteroatoms. The zero-order valence-corrected chi connectivity index (χ0v) is 19.3. The standard InChI is InChI=1S/C26H37NO4/c1-4-5-6-7-8-9-10-11-16-31-25(30)20-12-14-21(15-13-20)27-19-22-23(28)17-26(2,3)18-24(22)29/h12-15,19,22H,4-11,16-18H2,1-3H3. The highest BCUT2D eigenvalue weighted by atomic mass is 16.5. The maximum atomic E-state index is 12.2. The highest BCUT2D eigenvalue weighted by Crippen LogP contribution is 2.33. The number of aliphatic imine (C=N–C) groups is 1. The molecule has 0 bridgehead atoms. The van der Waals surface area contributed by atoms with Crippen molar-refractivity contribution in [2.45, 2.75) is 85.0 Å². The zero-order chi connectivity index (χ0) is 22.7. The van der Waals surface area contributed by atoms with Crippen LogP contribution >= 0.6 is 0 Å². The van der Waals surface area contributed by atoms with E-state index in [0.29, 0.717) is 30.7 Å². The van der Waals surface area contributed by atoms with E-state index in [4.69, 9.17) is 4.74 Å². The number of carbonyl (C=O) groups excluding carboxylic acids is 3. The third-order valence-corrected chi connectivity index (χ3v) is 5.71. The Hall–Kier alpha value is -2.30. The monoisotopic (exact) mass is 427 g/mol. The molecule has 0 N–H and O–H groups in total. The quantitative estimate of drug-likeness (QED) is 0.171. The highest BCUT2D eigenvalue weighted by molar-refractivity contribution is 6.16. The van der Waals surface area contributed by atoms with E-state index in [-0.39, 0.29) is 23.0 Å². The third kappa shape index (κ3) is 8.76. The second-order valence-corrected chi connectivity index (χ2v) is 9.36. The summed E-state index contributed by atoms with van der Waals surface area (Å²) in [5, 5.41) is 0. The molecule has 0 saturated heterocycles. The number of hydrogen-bond acceptors (Lipinski definition) is 5. The first-order valence-electron chi connectivity index (χ1n) is 11.7. The van der Waals surface area contributed by atoms with Crippen molar-refractivity contribution >= 4 is 29.4 Å². The van der Waals surface area contributed by atoms with E-state index in [1.165, 1.54) is 44.7 Å². The maximum Gasteiger partial charge on any atom is 0.338 e. The lowest BCUT2D eigenvalue weighted by Crippen LogP contribution is -2.38. The van der Waals surface area contributed by atoms with Gasteiger partial charge in [-0.25, -0.2) is 4.79 Å². The molecule has 31 heavy (non-hydrogen) atoms. The first-order valence-corrected chi connectivity index (χ1v) is 11.7. The molecule has 2 rings (SSSR count). The van der Waals surface area contributed by atoms with E-state index < -0.39 is 5.92 Å². The molecule has 0 radical (unpaired) electrons. The van der Waals surface area contributed by atoms with Gasteiger partial charge in [0.15, 0.2) is 0 Å². The van der Waals surface area contributed by atoms with E-state index in [9.17, 15) is 14.4 Å². The Labute approximate surface area is 186 Å². The number of esters is 1. The lowest BCUT2D eigenvalue weighted by molar-refractivity contribution is -0.136. The van der Waals surface area contributed by atoms with Crippen LogP contribution in [0.5, 0.6) is 0 Å². The molecular weight excluding hydrogens is 390 g/mol. The van der Waals surface area contributed by atoms with Gasteiger partial charge in [0.2, 0.25) is 0 Å². The van der Waals surface area contributed by atoms with Crippen LogP contribution in [0.4, 0.5) is 5.69 Å². The summed E-state index contributed by atoms with van der Waals surface area (Å²) >= 11 is 0. The van der Waals surface area contributed by atoms with Crippen molar-refractivity contribution in [1.82, 2.24) is 0 Å². The van der Waals surface area contributed by atoms with Crippen molar-refractivity contribution in [2.24, 2.45) is 16.3 Å². The van der Waals surface area contributed by atoms with E-state index >= 15 is 0 Å². The van der Waals surface area contributed by atoms with Gasteiger partial charge in [0, 0.05) is 19.1 Å². The van der Waals surface area contributed by atoms with Gasteiger partial charge in [-0.15, -0.1) is 0 Å². The van der Waals surface area contributed by atoms with Gasteiger partial charge in [-0.3, -0.25) is 14.6 Å². The molecule has 0 spiro atoms. The van der Waals surface area contributed by atoms with Gasteiger partial charge >= 0.3 is 5.97 Å². The first kappa shape index (κ1) is 25.0. The van der Waals surface area contributed by atoms with E-state index in [1.807, 2.05) is 13.8 Å². The molecule has 1 aliphatic carbocycles. The average molecular weight is 428 g/mol. The number of rotatable bonds is 12. The fourth-order valence-corrected chi connectivity index (χ4v) is 3.90. The smallest absolute Gasteiger partial charge is 0.338 e. The van der Waals surface area contributed by atoms with Crippen molar-refractivity contribution in [1.29, 1.82) is 0 Å². The molecular formula is C26H37NO4. The van der Waals surface area contributed by atoms with Gasteiger partial charge in [-0.05, 0) is 36.1 Å².